The van der Waals surface area contributed by atoms with Crippen molar-refractivity contribution in [2.24, 2.45) is 0 Å². The van der Waals surface area contributed by atoms with Crippen LogP contribution in [0.1, 0.15) is 19.4 Å². The highest BCUT2D eigenvalue weighted by atomic mass is 35.5. The van der Waals surface area contributed by atoms with E-state index in [0.29, 0.717) is 16.6 Å². The van der Waals surface area contributed by atoms with Crippen LogP contribution in [0.4, 0.5) is 4.39 Å². The molecule has 1 N–H and O–H groups in total. The molecule has 0 aliphatic heterocycles. The topological polar surface area (TPSA) is 24.9 Å². The number of pyridine rings is 1. The molecule has 0 spiro atoms. The summed E-state index contributed by atoms with van der Waals surface area (Å²) in [6, 6.07) is 6.72. The van der Waals surface area contributed by atoms with Crippen molar-refractivity contribution in [2.45, 2.75) is 26.4 Å². The first-order chi connectivity index (χ1) is 9.06. The normalized spacial score (nSPS) is 11.0. The molecule has 0 aliphatic rings. The molecule has 0 unspecified atom stereocenters. The van der Waals surface area contributed by atoms with E-state index in [1.807, 2.05) is 6.07 Å². The third-order valence-electron chi connectivity index (χ3n) is 2.75. The molecule has 0 amide bonds. The second-order valence-corrected chi connectivity index (χ2v) is 5.15. The number of halogens is 2. The molecular formula is C15H16ClFN2. The zero-order valence-corrected chi connectivity index (χ0v) is 11.7. The Kier molecular flexibility index (Phi) is 4.51. The Morgan fingerprint density at radius 3 is 2.79 bits per heavy atom. The van der Waals surface area contributed by atoms with E-state index >= 15 is 0 Å². The molecule has 2 rings (SSSR count). The van der Waals surface area contributed by atoms with Crippen LogP contribution in [-0.4, -0.2) is 11.0 Å². The molecule has 0 saturated heterocycles. The lowest BCUT2D eigenvalue weighted by Crippen LogP contribution is -2.21. The van der Waals surface area contributed by atoms with E-state index in [4.69, 9.17) is 11.6 Å². The lowest BCUT2D eigenvalue weighted by Gasteiger charge is -2.10. The van der Waals surface area contributed by atoms with Crippen LogP contribution in [0.5, 0.6) is 0 Å². The molecule has 0 fully saturated rings. The second-order valence-electron chi connectivity index (χ2n) is 4.74. The summed E-state index contributed by atoms with van der Waals surface area (Å²) in [6.45, 7) is 4.90. The van der Waals surface area contributed by atoms with Crippen molar-refractivity contribution in [1.29, 1.82) is 0 Å². The maximum absolute atomic E-state index is 13.3. The lowest BCUT2D eigenvalue weighted by molar-refractivity contribution is 0.588. The van der Waals surface area contributed by atoms with E-state index in [1.165, 1.54) is 12.1 Å². The summed E-state index contributed by atoms with van der Waals surface area (Å²) in [5, 5.41) is 3.84. The molecule has 4 heteroatoms. The van der Waals surface area contributed by atoms with Gasteiger partial charge in [-0.1, -0.05) is 25.4 Å². The SMILES string of the molecule is CC(C)NCc1cncc(-c2cc(F)ccc2Cl)c1. The molecule has 0 aliphatic carbocycles. The summed E-state index contributed by atoms with van der Waals surface area (Å²) in [4.78, 5) is 4.19. The van der Waals surface area contributed by atoms with Gasteiger partial charge in [-0.15, -0.1) is 0 Å². The largest absolute Gasteiger partial charge is 0.310 e. The van der Waals surface area contributed by atoms with E-state index in [9.17, 15) is 4.39 Å². The van der Waals surface area contributed by atoms with Gasteiger partial charge in [0, 0.05) is 41.1 Å². The van der Waals surface area contributed by atoms with Crippen LogP contribution in [0.15, 0.2) is 36.7 Å². The summed E-state index contributed by atoms with van der Waals surface area (Å²) in [7, 11) is 0. The number of hydrogen-bond acceptors (Lipinski definition) is 2. The first-order valence-corrected chi connectivity index (χ1v) is 6.57. The third kappa shape index (κ3) is 3.75. The van der Waals surface area contributed by atoms with Gasteiger partial charge in [0.05, 0.1) is 0 Å². The zero-order chi connectivity index (χ0) is 13.8. The van der Waals surface area contributed by atoms with E-state index in [2.05, 4.69) is 24.1 Å². The third-order valence-corrected chi connectivity index (χ3v) is 3.08. The Hall–Kier alpha value is -1.45. The highest BCUT2D eigenvalue weighted by Crippen LogP contribution is 2.28. The van der Waals surface area contributed by atoms with E-state index in [-0.39, 0.29) is 5.82 Å². The van der Waals surface area contributed by atoms with Gasteiger partial charge >= 0.3 is 0 Å². The quantitative estimate of drug-likeness (QED) is 0.913. The lowest BCUT2D eigenvalue weighted by atomic mass is 10.1. The summed E-state index contributed by atoms with van der Waals surface area (Å²) in [6.07, 6.45) is 3.49. The Labute approximate surface area is 117 Å². The molecule has 0 bridgehead atoms. The molecule has 100 valence electrons. The minimum absolute atomic E-state index is 0.301. The summed E-state index contributed by atoms with van der Waals surface area (Å²) in [5.74, 6) is -0.301. The van der Waals surface area contributed by atoms with Crippen molar-refractivity contribution < 1.29 is 4.39 Å². The van der Waals surface area contributed by atoms with E-state index in [0.717, 1.165) is 17.7 Å². The van der Waals surface area contributed by atoms with Gasteiger partial charge < -0.3 is 5.32 Å². The first-order valence-electron chi connectivity index (χ1n) is 6.19. The number of hydrogen-bond donors (Lipinski definition) is 1. The van der Waals surface area contributed by atoms with Crippen molar-refractivity contribution in [3.05, 3.63) is 53.1 Å². The average molecular weight is 279 g/mol. The molecule has 1 heterocycles. The number of benzene rings is 1. The predicted molar refractivity (Wildman–Crippen MR) is 76.6 cm³/mol. The number of nitrogens with one attached hydrogen (secondary N) is 1. The van der Waals surface area contributed by atoms with Crippen molar-refractivity contribution in [3.8, 4) is 11.1 Å². The van der Waals surface area contributed by atoms with Gasteiger partial charge in [-0.05, 0) is 29.8 Å². The van der Waals surface area contributed by atoms with Crippen LogP contribution in [0.2, 0.25) is 5.02 Å². The molecule has 0 saturated carbocycles. The van der Waals surface area contributed by atoms with Crippen LogP contribution in [-0.2, 0) is 6.54 Å². The monoisotopic (exact) mass is 278 g/mol. The van der Waals surface area contributed by atoms with Gasteiger partial charge in [0.1, 0.15) is 5.82 Å². The number of rotatable bonds is 4. The Balaban J connectivity index is 2.29. The fraction of sp³-hybridized carbons (Fsp3) is 0.267. The molecule has 19 heavy (non-hydrogen) atoms. The average Bonchev–Trinajstić information content (AvgIpc) is 2.39. The van der Waals surface area contributed by atoms with Gasteiger partial charge in [-0.2, -0.15) is 0 Å². The van der Waals surface area contributed by atoms with Crippen molar-refractivity contribution >= 4 is 11.6 Å². The minimum atomic E-state index is -0.301. The minimum Gasteiger partial charge on any atom is -0.310 e. The molecule has 1 aromatic carbocycles. The van der Waals surface area contributed by atoms with Crippen molar-refractivity contribution in [2.75, 3.05) is 0 Å². The highest BCUT2D eigenvalue weighted by molar-refractivity contribution is 6.33. The van der Waals surface area contributed by atoms with Crippen LogP contribution in [0, 0.1) is 5.82 Å². The van der Waals surface area contributed by atoms with Gasteiger partial charge in [-0.3, -0.25) is 4.98 Å². The van der Waals surface area contributed by atoms with E-state index < -0.39 is 0 Å². The molecule has 2 nitrogen and oxygen atoms in total. The molecule has 2 aromatic rings. The molecule has 0 atom stereocenters. The Morgan fingerprint density at radius 1 is 1.26 bits per heavy atom. The van der Waals surface area contributed by atoms with E-state index in [1.54, 1.807) is 18.5 Å². The Bertz CT molecular complexity index is 570. The maximum Gasteiger partial charge on any atom is 0.123 e. The van der Waals surface area contributed by atoms with Crippen LogP contribution in [0.3, 0.4) is 0 Å². The fourth-order valence-electron chi connectivity index (χ4n) is 1.77. The predicted octanol–water partition coefficient (Wildman–Crippen LogP) is 4.04. The van der Waals surface area contributed by atoms with Gasteiger partial charge in [0.15, 0.2) is 0 Å². The molecule has 0 radical (unpaired) electrons. The standard InChI is InChI=1S/C15H16ClFN2/c1-10(2)19-8-11-5-12(9-18-7-11)14-6-13(17)3-4-15(14)16/h3-7,9-10,19H,8H2,1-2H3. The van der Waals surface area contributed by atoms with Gasteiger partial charge in [-0.25, -0.2) is 4.39 Å². The summed E-state index contributed by atoms with van der Waals surface area (Å²) >= 11 is 6.10. The number of aromatic nitrogens is 1. The summed E-state index contributed by atoms with van der Waals surface area (Å²) in [5.41, 5.74) is 2.54. The van der Waals surface area contributed by atoms with Crippen molar-refractivity contribution in [1.82, 2.24) is 10.3 Å². The van der Waals surface area contributed by atoms with Crippen LogP contribution < -0.4 is 5.32 Å². The number of nitrogens with zero attached hydrogens (tertiary/aromatic N) is 1. The second kappa shape index (κ2) is 6.13. The smallest absolute Gasteiger partial charge is 0.123 e. The molecule has 1 aromatic heterocycles. The van der Waals surface area contributed by atoms with Crippen molar-refractivity contribution in [3.63, 3.8) is 0 Å². The molecular weight excluding hydrogens is 263 g/mol. The Morgan fingerprint density at radius 2 is 2.05 bits per heavy atom. The summed E-state index contributed by atoms with van der Waals surface area (Å²) < 4.78 is 13.3. The zero-order valence-electron chi connectivity index (χ0n) is 11.0. The maximum atomic E-state index is 13.3. The highest BCUT2D eigenvalue weighted by Gasteiger charge is 2.06. The van der Waals surface area contributed by atoms with Gasteiger partial charge in [0.2, 0.25) is 0 Å². The van der Waals surface area contributed by atoms with Gasteiger partial charge in [0.25, 0.3) is 0 Å². The first kappa shape index (κ1) is 14.0. The van der Waals surface area contributed by atoms with Crippen LogP contribution in [0.25, 0.3) is 11.1 Å². The van der Waals surface area contributed by atoms with Crippen LogP contribution >= 0.6 is 11.6 Å². The fourth-order valence-corrected chi connectivity index (χ4v) is 2.00.